The molecule has 2 heterocycles. The van der Waals surface area contributed by atoms with Crippen LogP contribution in [-0.4, -0.2) is 36.5 Å². The summed E-state index contributed by atoms with van der Waals surface area (Å²) in [6, 6.07) is 5.82. The summed E-state index contributed by atoms with van der Waals surface area (Å²) in [6.07, 6.45) is 6.23. The van der Waals surface area contributed by atoms with Crippen molar-refractivity contribution in [2.24, 2.45) is 4.99 Å². The molecule has 0 fully saturated rings. The normalized spacial score (nSPS) is 11.7. The number of rotatable bonds is 7. The number of aliphatic imine (C=N–C) groups is 1. The van der Waals surface area contributed by atoms with Gasteiger partial charge in [0.2, 0.25) is 0 Å². The lowest BCUT2D eigenvalue weighted by molar-refractivity contribution is -0.384. The van der Waals surface area contributed by atoms with Crippen molar-refractivity contribution in [1.82, 2.24) is 19.3 Å². The van der Waals surface area contributed by atoms with E-state index in [-0.39, 0.29) is 11.2 Å². The maximum absolute atomic E-state index is 12.8. The Balaban J connectivity index is 1.77. The van der Waals surface area contributed by atoms with Gasteiger partial charge in [0.05, 0.1) is 22.5 Å². The third kappa shape index (κ3) is 4.02. The molecule has 0 aliphatic carbocycles. The predicted molar refractivity (Wildman–Crippen MR) is 102 cm³/mol. The smallest absolute Gasteiger partial charge is 0.280 e. The molecule has 0 radical (unpaired) electrons. The second-order valence-electron chi connectivity index (χ2n) is 6.15. The van der Waals surface area contributed by atoms with Gasteiger partial charge < -0.3 is 4.57 Å². The highest BCUT2D eigenvalue weighted by atomic mass is 16.6. The highest BCUT2D eigenvalue weighted by molar-refractivity contribution is 5.99. The number of non-ortho nitro benzene ring substituents is 1. The zero-order chi connectivity index (χ0) is 19.4. The number of nitrogens with zero attached hydrogens (tertiary/aromatic N) is 5. The maximum atomic E-state index is 12.8. The lowest BCUT2D eigenvalue weighted by Crippen LogP contribution is -2.20. The Hall–Kier alpha value is -3.49. The summed E-state index contributed by atoms with van der Waals surface area (Å²) in [7, 11) is 0. The van der Waals surface area contributed by atoms with Crippen LogP contribution in [0.1, 0.15) is 24.6 Å². The van der Waals surface area contributed by atoms with Crippen LogP contribution >= 0.6 is 0 Å². The van der Waals surface area contributed by atoms with Crippen molar-refractivity contribution >= 4 is 11.4 Å². The first kappa shape index (κ1) is 18.3. The van der Waals surface area contributed by atoms with Crippen molar-refractivity contribution in [3.05, 3.63) is 74.7 Å². The molecule has 0 atom stereocenters. The molecule has 9 heteroatoms. The average Bonchev–Trinajstić information content (AvgIpc) is 3.26. The van der Waals surface area contributed by atoms with E-state index < -0.39 is 4.92 Å². The van der Waals surface area contributed by atoms with Gasteiger partial charge in [-0.05, 0) is 32.4 Å². The molecule has 1 N–H and O–H groups in total. The van der Waals surface area contributed by atoms with Crippen LogP contribution in [0.25, 0.3) is 5.69 Å². The van der Waals surface area contributed by atoms with E-state index in [4.69, 9.17) is 0 Å². The number of aromatic nitrogens is 4. The van der Waals surface area contributed by atoms with Crippen LogP contribution in [-0.2, 0) is 6.54 Å². The van der Waals surface area contributed by atoms with Crippen LogP contribution in [0.15, 0.2) is 52.8 Å². The molecule has 3 aromatic rings. The van der Waals surface area contributed by atoms with Crippen LogP contribution in [0.2, 0.25) is 0 Å². The van der Waals surface area contributed by atoms with Crippen molar-refractivity contribution < 1.29 is 4.92 Å². The van der Waals surface area contributed by atoms with Crippen LogP contribution in [0, 0.1) is 17.0 Å². The molecule has 0 amide bonds. The Morgan fingerprint density at radius 1 is 1.33 bits per heavy atom. The molecule has 0 bridgehead atoms. The van der Waals surface area contributed by atoms with E-state index >= 15 is 0 Å². The monoisotopic (exact) mass is 368 g/mol. The first-order valence-corrected chi connectivity index (χ1v) is 8.51. The Bertz CT molecular complexity index is 1010. The molecule has 2 aromatic heterocycles. The summed E-state index contributed by atoms with van der Waals surface area (Å²) < 4.78 is 3.35. The number of benzene rings is 1. The van der Waals surface area contributed by atoms with Crippen LogP contribution < -0.4 is 5.56 Å². The SMILES string of the molecule is CC(=NCCCn1ccnc1)c1c(C)[nH]n(-c2ccc([N+](=O)[O-])cc2)c1=O. The number of H-pyrrole nitrogens is 1. The summed E-state index contributed by atoms with van der Waals surface area (Å²) in [5.74, 6) is 0. The molecule has 0 aliphatic rings. The molecule has 27 heavy (non-hydrogen) atoms. The fourth-order valence-electron chi connectivity index (χ4n) is 2.88. The van der Waals surface area contributed by atoms with Crippen molar-refractivity contribution in [3.8, 4) is 5.69 Å². The number of hydrogen-bond acceptors (Lipinski definition) is 5. The minimum atomic E-state index is -0.474. The summed E-state index contributed by atoms with van der Waals surface area (Å²) >= 11 is 0. The Morgan fingerprint density at radius 3 is 2.70 bits per heavy atom. The number of aromatic amines is 1. The van der Waals surface area contributed by atoms with E-state index in [1.165, 1.54) is 28.9 Å². The zero-order valence-corrected chi connectivity index (χ0v) is 15.1. The summed E-state index contributed by atoms with van der Waals surface area (Å²) in [6.45, 7) is 5.04. The number of hydrogen-bond donors (Lipinski definition) is 1. The van der Waals surface area contributed by atoms with Gasteiger partial charge in [-0.15, -0.1) is 0 Å². The molecule has 3 rings (SSSR count). The van der Waals surface area contributed by atoms with E-state index in [1.54, 1.807) is 12.5 Å². The van der Waals surface area contributed by atoms with Crippen molar-refractivity contribution in [2.45, 2.75) is 26.8 Å². The van der Waals surface area contributed by atoms with Gasteiger partial charge in [0.1, 0.15) is 0 Å². The molecule has 0 aliphatic heterocycles. The van der Waals surface area contributed by atoms with Gasteiger partial charge in [-0.2, -0.15) is 0 Å². The third-order valence-electron chi connectivity index (χ3n) is 4.23. The molecule has 0 unspecified atom stereocenters. The lowest BCUT2D eigenvalue weighted by Gasteiger charge is -2.01. The maximum Gasteiger partial charge on any atom is 0.280 e. The highest BCUT2D eigenvalue weighted by Crippen LogP contribution is 2.14. The van der Waals surface area contributed by atoms with Gasteiger partial charge in [0.15, 0.2) is 0 Å². The second-order valence-corrected chi connectivity index (χ2v) is 6.15. The minimum absolute atomic E-state index is 0.0223. The summed E-state index contributed by atoms with van der Waals surface area (Å²) in [4.78, 5) is 31.6. The van der Waals surface area contributed by atoms with Gasteiger partial charge in [0, 0.05) is 49.0 Å². The molecule has 140 valence electrons. The molecular weight excluding hydrogens is 348 g/mol. The largest absolute Gasteiger partial charge is 0.337 e. The molecule has 0 saturated heterocycles. The Kier molecular flexibility index (Phi) is 5.30. The van der Waals surface area contributed by atoms with Gasteiger partial charge in [-0.25, -0.2) is 9.67 Å². The van der Waals surface area contributed by atoms with Gasteiger partial charge >= 0.3 is 0 Å². The van der Waals surface area contributed by atoms with Gasteiger partial charge in [-0.3, -0.25) is 25.0 Å². The van der Waals surface area contributed by atoms with E-state index in [9.17, 15) is 14.9 Å². The number of nitro benzene ring substituents is 1. The summed E-state index contributed by atoms with van der Waals surface area (Å²) in [5, 5.41) is 13.8. The second kappa shape index (κ2) is 7.81. The third-order valence-corrected chi connectivity index (χ3v) is 4.23. The highest BCUT2D eigenvalue weighted by Gasteiger charge is 2.15. The standard InChI is InChI=1S/C18H20N6O3/c1-13(20-8-3-10-22-11-9-19-12-22)17-14(2)21-23(18(17)25)15-4-6-16(7-5-15)24(26)27/h4-7,9,11-12,21H,3,8,10H2,1-2H3. The minimum Gasteiger partial charge on any atom is -0.337 e. The average molecular weight is 368 g/mol. The van der Waals surface area contributed by atoms with Crippen LogP contribution in [0.4, 0.5) is 5.69 Å². The topological polar surface area (TPSA) is 111 Å². The molecule has 1 aromatic carbocycles. The first-order valence-electron chi connectivity index (χ1n) is 8.51. The fraction of sp³-hybridized carbons (Fsp3) is 0.278. The fourth-order valence-corrected chi connectivity index (χ4v) is 2.88. The van der Waals surface area contributed by atoms with E-state index in [1.807, 2.05) is 24.6 Å². The zero-order valence-electron chi connectivity index (χ0n) is 15.1. The molecule has 0 saturated carbocycles. The van der Waals surface area contributed by atoms with E-state index in [2.05, 4.69) is 15.1 Å². The number of nitro groups is 1. The molecule has 0 spiro atoms. The van der Waals surface area contributed by atoms with Crippen LogP contribution in [0.3, 0.4) is 0 Å². The number of nitrogens with one attached hydrogen (secondary N) is 1. The van der Waals surface area contributed by atoms with E-state index in [0.717, 1.165) is 13.0 Å². The van der Waals surface area contributed by atoms with Gasteiger partial charge in [0.25, 0.3) is 11.2 Å². The van der Waals surface area contributed by atoms with Crippen molar-refractivity contribution in [2.75, 3.05) is 6.54 Å². The quantitative estimate of drug-likeness (QED) is 0.299. The Labute approximate surface area is 155 Å². The molecular formula is C18H20N6O3. The van der Waals surface area contributed by atoms with Crippen LogP contribution in [0.5, 0.6) is 0 Å². The predicted octanol–water partition coefficient (Wildman–Crippen LogP) is 2.48. The number of imidazole rings is 1. The van der Waals surface area contributed by atoms with E-state index in [0.29, 0.717) is 29.2 Å². The number of aryl methyl sites for hydroxylation is 2. The lowest BCUT2D eigenvalue weighted by atomic mass is 10.2. The van der Waals surface area contributed by atoms with Crippen molar-refractivity contribution in [3.63, 3.8) is 0 Å². The Morgan fingerprint density at radius 2 is 2.07 bits per heavy atom. The van der Waals surface area contributed by atoms with Gasteiger partial charge in [-0.1, -0.05) is 0 Å². The summed E-state index contributed by atoms with van der Waals surface area (Å²) in [5.41, 5.74) is 2.18. The first-order chi connectivity index (χ1) is 13.0. The van der Waals surface area contributed by atoms with Crippen molar-refractivity contribution in [1.29, 1.82) is 0 Å². The molecule has 9 nitrogen and oxygen atoms in total.